The quantitative estimate of drug-likeness (QED) is 0.284. The summed E-state index contributed by atoms with van der Waals surface area (Å²) in [5.74, 6) is 0. The Morgan fingerprint density at radius 2 is 1.18 bits per heavy atom. The zero-order valence-corrected chi connectivity index (χ0v) is 16.3. The molecule has 0 amide bonds. The first-order valence-electron chi connectivity index (χ1n) is 10.3. The summed E-state index contributed by atoms with van der Waals surface area (Å²) < 4.78 is 0. The summed E-state index contributed by atoms with van der Waals surface area (Å²) in [5.41, 5.74) is 4.15. The average molecular weight is 361 g/mol. The SMILES string of the molecule is CCCCc1c2ccccc2c(-c2ccccc2)c2cc3ccccc3cc12. The first-order valence-corrected chi connectivity index (χ1v) is 10.3. The second-order valence-corrected chi connectivity index (χ2v) is 7.61. The molecule has 0 saturated heterocycles. The highest BCUT2D eigenvalue weighted by Crippen LogP contribution is 2.41. The molecule has 0 aromatic heterocycles. The minimum Gasteiger partial charge on any atom is -0.0654 e. The van der Waals surface area contributed by atoms with Crippen LogP contribution in [0, 0.1) is 0 Å². The molecule has 136 valence electrons. The van der Waals surface area contributed by atoms with E-state index in [2.05, 4.69) is 97.9 Å². The molecule has 0 saturated carbocycles. The number of fused-ring (bicyclic) bond motifs is 3. The van der Waals surface area contributed by atoms with Gasteiger partial charge in [0.15, 0.2) is 0 Å². The van der Waals surface area contributed by atoms with Crippen LogP contribution < -0.4 is 0 Å². The first-order chi connectivity index (χ1) is 13.9. The van der Waals surface area contributed by atoms with E-state index in [1.165, 1.54) is 61.8 Å². The van der Waals surface area contributed by atoms with Gasteiger partial charge in [0.1, 0.15) is 0 Å². The molecular formula is C28H24. The highest BCUT2D eigenvalue weighted by molar-refractivity contribution is 6.17. The summed E-state index contributed by atoms with van der Waals surface area (Å²) in [6.07, 6.45) is 3.56. The maximum Gasteiger partial charge on any atom is -0.00264 e. The molecule has 0 aliphatic rings. The van der Waals surface area contributed by atoms with Gasteiger partial charge in [0.05, 0.1) is 0 Å². The zero-order valence-electron chi connectivity index (χ0n) is 16.3. The molecule has 0 bridgehead atoms. The molecule has 0 atom stereocenters. The average Bonchev–Trinajstić information content (AvgIpc) is 2.76. The van der Waals surface area contributed by atoms with Crippen molar-refractivity contribution in [2.45, 2.75) is 26.2 Å². The van der Waals surface area contributed by atoms with Crippen LogP contribution in [0.15, 0.2) is 91.0 Å². The van der Waals surface area contributed by atoms with Crippen LogP contribution >= 0.6 is 0 Å². The lowest BCUT2D eigenvalue weighted by Crippen LogP contribution is -1.94. The highest BCUT2D eigenvalue weighted by Gasteiger charge is 2.15. The minimum atomic E-state index is 1.13. The topological polar surface area (TPSA) is 0 Å². The van der Waals surface area contributed by atoms with Gasteiger partial charge in [-0.1, -0.05) is 92.2 Å². The first kappa shape index (κ1) is 17.0. The summed E-state index contributed by atoms with van der Waals surface area (Å²) in [4.78, 5) is 0. The largest absolute Gasteiger partial charge is 0.0654 e. The zero-order chi connectivity index (χ0) is 18.9. The van der Waals surface area contributed by atoms with Gasteiger partial charge >= 0.3 is 0 Å². The standard InChI is InChI=1S/C28H24/c1-2-3-15-24-23-16-9-10-17-25(23)28(20-11-5-4-6-12-20)27-19-22-14-8-7-13-21(22)18-26(24)27/h4-14,16-19H,2-3,15H2,1H3. The van der Waals surface area contributed by atoms with Gasteiger partial charge in [-0.3, -0.25) is 0 Å². The van der Waals surface area contributed by atoms with Crippen molar-refractivity contribution in [2.75, 3.05) is 0 Å². The van der Waals surface area contributed by atoms with Crippen LogP contribution in [0.1, 0.15) is 25.3 Å². The summed E-state index contributed by atoms with van der Waals surface area (Å²) in [5, 5.41) is 8.17. The molecular weight excluding hydrogens is 336 g/mol. The monoisotopic (exact) mass is 360 g/mol. The fourth-order valence-electron chi connectivity index (χ4n) is 4.49. The number of benzene rings is 5. The summed E-state index contributed by atoms with van der Waals surface area (Å²) in [6.45, 7) is 2.28. The third-order valence-corrected chi connectivity index (χ3v) is 5.84. The Hall–Kier alpha value is -3.12. The van der Waals surface area contributed by atoms with Gasteiger partial charge < -0.3 is 0 Å². The van der Waals surface area contributed by atoms with Crippen molar-refractivity contribution in [3.63, 3.8) is 0 Å². The van der Waals surface area contributed by atoms with E-state index in [4.69, 9.17) is 0 Å². The number of hydrogen-bond acceptors (Lipinski definition) is 0. The third-order valence-electron chi connectivity index (χ3n) is 5.84. The molecule has 0 spiro atoms. The normalized spacial score (nSPS) is 11.5. The highest BCUT2D eigenvalue weighted by atomic mass is 14.2. The Bertz CT molecular complexity index is 1280. The second-order valence-electron chi connectivity index (χ2n) is 7.61. The molecule has 0 unspecified atom stereocenters. The number of hydrogen-bond donors (Lipinski definition) is 0. The number of aryl methyl sites for hydroxylation is 1. The van der Waals surface area contributed by atoms with Gasteiger partial charge in [-0.2, -0.15) is 0 Å². The maximum absolute atomic E-state index is 2.41. The van der Waals surface area contributed by atoms with Gasteiger partial charge in [0, 0.05) is 0 Å². The molecule has 5 aromatic carbocycles. The van der Waals surface area contributed by atoms with Crippen LogP contribution in [0.2, 0.25) is 0 Å². The summed E-state index contributed by atoms with van der Waals surface area (Å²) >= 11 is 0. The number of rotatable bonds is 4. The summed E-state index contributed by atoms with van der Waals surface area (Å²) in [6, 6.07) is 33.3. The van der Waals surface area contributed by atoms with Crippen LogP contribution in [0.4, 0.5) is 0 Å². The van der Waals surface area contributed by atoms with Gasteiger partial charge in [-0.05, 0) is 74.0 Å². The molecule has 5 aromatic rings. The molecule has 0 nitrogen and oxygen atoms in total. The fraction of sp³-hybridized carbons (Fsp3) is 0.143. The van der Waals surface area contributed by atoms with Crippen molar-refractivity contribution < 1.29 is 0 Å². The fourth-order valence-corrected chi connectivity index (χ4v) is 4.49. The van der Waals surface area contributed by atoms with E-state index in [1.807, 2.05) is 0 Å². The van der Waals surface area contributed by atoms with E-state index >= 15 is 0 Å². The Morgan fingerprint density at radius 1 is 0.571 bits per heavy atom. The maximum atomic E-state index is 2.41. The van der Waals surface area contributed by atoms with Gasteiger partial charge in [-0.25, -0.2) is 0 Å². The Labute approximate surface area is 166 Å². The Morgan fingerprint density at radius 3 is 1.89 bits per heavy atom. The lowest BCUT2D eigenvalue weighted by atomic mass is 9.85. The third kappa shape index (κ3) is 2.77. The molecule has 0 aliphatic carbocycles. The van der Waals surface area contributed by atoms with Crippen molar-refractivity contribution in [3.8, 4) is 11.1 Å². The van der Waals surface area contributed by atoms with Crippen LogP contribution in [-0.4, -0.2) is 0 Å². The van der Waals surface area contributed by atoms with Crippen molar-refractivity contribution in [1.82, 2.24) is 0 Å². The second kappa shape index (κ2) is 7.13. The van der Waals surface area contributed by atoms with E-state index < -0.39 is 0 Å². The van der Waals surface area contributed by atoms with Crippen LogP contribution in [-0.2, 0) is 6.42 Å². The van der Waals surface area contributed by atoms with Crippen molar-refractivity contribution in [3.05, 3.63) is 96.6 Å². The summed E-state index contributed by atoms with van der Waals surface area (Å²) in [7, 11) is 0. The lowest BCUT2D eigenvalue weighted by Gasteiger charge is -2.18. The molecule has 0 heterocycles. The molecule has 0 radical (unpaired) electrons. The van der Waals surface area contributed by atoms with E-state index in [0.717, 1.165) is 6.42 Å². The molecule has 0 heteroatoms. The van der Waals surface area contributed by atoms with Crippen molar-refractivity contribution in [1.29, 1.82) is 0 Å². The van der Waals surface area contributed by atoms with E-state index in [1.54, 1.807) is 0 Å². The molecule has 0 fully saturated rings. The van der Waals surface area contributed by atoms with Crippen molar-refractivity contribution in [2.24, 2.45) is 0 Å². The van der Waals surface area contributed by atoms with Gasteiger partial charge in [0.25, 0.3) is 0 Å². The van der Waals surface area contributed by atoms with E-state index in [-0.39, 0.29) is 0 Å². The van der Waals surface area contributed by atoms with E-state index in [0.29, 0.717) is 0 Å². The smallest absolute Gasteiger partial charge is 0.00264 e. The molecule has 0 aliphatic heterocycles. The molecule has 28 heavy (non-hydrogen) atoms. The van der Waals surface area contributed by atoms with Crippen LogP contribution in [0.3, 0.4) is 0 Å². The molecule has 5 rings (SSSR count). The Balaban J connectivity index is 1.99. The lowest BCUT2D eigenvalue weighted by molar-refractivity contribution is 0.802. The van der Waals surface area contributed by atoms with Gasteiger partial charge in [-0.15, -0.1) is 0 Å². The van der Waals surface area contributed by atoms with Crippen LogP contribution in [0.5, 0.6) is 0 Å². The number of unbranched alkanes of at least 4 members (excludes halogenated alkanes) is 1. The predicted molar refractivity (Wildman–Crippen MR) is 123 cm³/mol. The minimum absolute atomic E-state index is 1.13. The molecule has 0 N–H and O–H groups in total. The predicted octanol–water partition coefficient (Wildman–Crippen LogP) is 8.16. The van der Waals surface area contributed by atoms with E-state index in [9.17, 15) is 0 Å². The Kier molecular flexibility index (Phi) is 4.33. The van der Waals surface area contributed by atoms with Gasteiger partial charge in [0.2, 0.25) is 0 Å². The van der Waals surface area contributed by atoms with Crippen molar-refractivity contribution >= 4 is 32.3 Å². The van der Waals surface area contributed by atoms with Crippen LogP contribution in [0.25, 0.3) is 43.4 Å².